The summed E-state index contributed by atoms with van der Waals surface area (Å²) >= 11 is 0. The van der Waals surface area contributed by atoms with E-state index >= 15 is 0 Å². The van der Waals surface area contributed by atoms with Crippen LogP contribution in [0.15, 0.2) is 48.7 Å². The molecule has 0 saturated carbocycles. The van der Waals surface area contributed by atoms with Crippen molar-refractivity contribution in [3.05, 3.63) is 83.1 Å². The molecule has 4 aromatic rings. The van der Waals surface area contributed by atoms with Gasteiger partial charge in [0.15, 0.2) is 0 Å². The molecule has 5 nitrogen and oxygen atoms in total. The quantitative estimate of drug-likeness (QED) is 0.384. The Hall–Kier alpha value is -3.32. The number of hydrogen-bond acceptors (Lipinski definition) is 5. The monoisotopic (exact) mass is 448 g/mol. The average molecular weight is 449 g/mol. The van der Waals surface area contributed by atoms with E-state index < -0.39 is 11.6 Å². The van der Waals surface area contributed by atoms with Crippen LogP contribution < -0.4 is 0 Å². The van der Waals surface area contributed by atoms with Crippen LogP contribution >= 0.6 is 0 Å². The number of nitrogens with zero attached hydrogens (tertiary/aromatic N) is 4. The van der Waals surface area contributed by atoms with Crippen molar-refractivity contribution in [3.63, 3.8) is 0 Å². The lowest BCUT2D eigenvalue weighted by molar-refractivity contribution is 0.0845. The van der Waals surface area contributed by atoms with Gasteiger partial charge in [0.1, 0.15) is 22.8 Å². The number of hydrogen-bond donors (Lipinski definition) is 0. The Bertz CT molecular complexity index is 1260. The molecule has 0 radical (unpaired) electrons. The van der Waals surface area contributed by atoms with Crippen LogP contribution in [0.25, 0.3) is 22.3 Å². The fourth-order valence-corrected chi connectivity index (χ4v) is 3.77. The largest absolute Gasteiger partial charge is 0.381 e. The summed E-state index contributed by atoms with van der Waals surface area (Å²) in [6.07, 6.45) is 3.51. The molecule has 1 aliphatic rings. The Morgan fingerprint density at radius 3 is 2.27 bits per heavy atom. The lowest BCUT2D eigenvalue weighted by Gasteiger charge is -2.22. The van der Waals surface area contributed by atoms with Crippen molar-refractivity contribution >= 4 is 11.0 Å². The Balaban J connectivity index is 0.000000318. The van der Waals surface area contributed by atoms with E-state index in [9.17, 15) is 8.78 Å². The first-order valence-electron chi connectivity index (χ1n) is 11.0. The fraction of sp³-hybridized carbons (Fsp3) is 0.308. The predicted molar refractivity (Wildman–Crippen MR) is 124 cm³/mol. The second-order valence-electron chi connectivity index (χ2n) is 8.14. The molecule has 0 spiro atoms. The van der Waals surface area contributed by atoms with E-state index in [2.05, 4.69) is 15.0 Å². The number of rotatable bonds is 2. The molecule has 3 aromatic heterocycles. The van der Waals surface area contributed by atoms with Crippen LogP contribution in [-0.4, -0.2) is 33.1 Å². The van der Waals surface area contributed by atoms with Gasteiger partial charge in [-0.1, -0.05) is 6.07 Å². The van der Waals surface area contributed by atoms with Crippen LogP contribution in [0.3, 0.4) is 0 Å². The van der Waals surface area contributed by atoms with E-state index in [0.29, 0.717) is 29.9 Å². The van der Waals surface area contributed by atoms with Gasteiger partial charge < -0.3 is 4.74 Å². The second-order valence-corrected chi connectivity index (χ2v) is 8.14. The minimum atomic E-state index is -0.650. The first-order chi connectivity index (χ1) is 15.9. The number of benzene rings is 1. The van der Waals surface area contributed by atoms with Crippen LogP contribution in [0.4, 0.5) is 8.78 Å². The maximum absolute atomic E-state index is 14.5. The van der Waals surface area contributed by atoms with Crippen molar-refractivity contribution < 1.29 is 13.5 Å². The summed E-state index contributed by atoms with van der Waals surface area (Å²) < 4.78 is 33.3. The molecule has 1 aliphatic heterocycles. The molecule has 1 fully saturated rings. The van der Waals surface area contributed by atoms with Crippen LogP contribution in [0.5, 0.6) is 0 Å². The zero-order valence-corrected chi connectivity index (χ0v) is 19.0. The maximum Gasteiger partial charge on any atom is 0.135 e. The van der Waals surface area contributed by atoms with E-state index in [1.54, 1.807) is 6.20 Å². The molecule has 1 saturated heterocycles. The van der Waals surface area contributed by atoms with E-state index in [1.165, 1.54) is 12.1 Å². The molecular weight excluding hydrogens is 422 g/mol. The molecule has 4 heterocycles. The second kappa shape index (κ2) is 10.1. The Morgan fingerprint density at radius 1 is 0.879 bits per heavy atom. The molecule has 33 heavy (non-hydrogen) atoms. The summed E-state index contributed by atoms with van der Waals surface area (Å²) in [5.74, 6) is -1.03. The molecule has 0 amide bonds. The highest BCUT2D eigenvalue weighted by Gasteiger charge is 2.22. The van der Waals surface area contributed by atoms with Gasteiger partial charge in [-0.15, -0.1) is 0 Å². The summed E-state index contributed by atoms with van der Waals surface area (Å²) in [6.45, 7) is 7.10. The highest BCUT2D eigenvalue weighted by molar-refractivity contribution is 5.89. The van der Waals surface area contributed by atoms with Crippen molar-refractivity contribution in [1.29, 1.82) is 0 Å². The van der Waals surface area contributed by atoms with Crippen molar-refractivity contribution in [2.45, 2.75) is 39.5 Å². The fourth-order valence-electron chi connectivity index (χ4n) is 3.77. The van der Waals surface area contributed by atoms with Gasteiger partial charge in [-0.2, -0.15) is 0 Å². The Labute approximate surface area is 191 Å². The van der Waals surface area contributed by atoms with Gasteiger partial charge >= 0.3 is 0 Å². The predicted octanol–water partition coefficient (Wildman–Crippen LogP) is 5.87. The van der Waals surface area contributed by atoms with Crippen molar-refractivity contribution in [3.8, 4) is 11.3 Å². The third kappa shape index (κ3) is 5.37. The maximum atomic E-state index is 14.5. The van der Waals surface area contributed by atoms with Crippen molar-refractivity contribution in [1.82, 2.24) is 19.9 Å². The summed E-state index contributed by atoms with van der Waals surface area (Å²) in [6, 6.07) is 11.3. The first-order valence-corrected chi connectivity index (χ1v) is 11.0. The van der Waals surface area contributed by atoms with Gasteiger partial charge in [0.25, 0.3) is 0 Å². The average Bonchev–Trinajstić information content (AvgIpc) is 2.81. The van der Waals surface area contributed by atoms with Gasteiger partial charge in [0, 0.05) is 48.3 Å². The normalized spacial score (nSPS) is 14.1. The van der Waals surface area contributed by atoms with Gasteiger partial charge in [-0.05, 0) is 63.9 Å². The minimum absolute atomic E-state index is 0.235. The molecule has 1 aromatic carbocycles. The number of ether oxygens (including phenoxy) is 1. The van der Waals surface area contributed by atoms with Crippen LogP contribution in [0.1, 0.15) is 41.5 Å². The van der Waals surface area contributed by atoms with E-state index in [-0.39, 0.29) is 11.5 Å². The number of aryl methyl sites for hydroxylation is 3. The number of halogens is 2. The standard InChI is InChI=1S/C20H19F2N3O.C6H7N/c1-11-12(2)24-20-18(23-11)10-17(13-5-7-26-8-6-13)25-19(20)15-4-3-14(21)9-16(15)22;1-6-4-2-3-5-7-6/h3-4,9-10,13H,5-8H2,1-2H3;2-5H,1H3. The lowest BCUT2D eigenvalue weighted by Crippen LogP contribution is -2.15. The molecule has 0 unspecified atom stereocenters. The van der Waals surface area contributed by atoms with E-state index in [0.717, 1.165) is 41.7 Å². The first kappa shape index (κ1) is 22.9. The third-order valence-corrected chi connectivity index (χ3v) is 5.72. The topological polar surface area (TPSA) is 60.8 Å². The molecule has 170 valence electrons. The summed E-state index contributed by atoms with van der Waals surface area (Å²) in [7, 11) is 0. The van der Waals surface area contributed by atoms with Crippen LogP contribution in [0.2, 0.25) is 0 Å². The zero-order chi connectivity index (χ0) is 23.4. The SMILES string of the molecule is Cc1ccccn1.Cc1nc2cc(C3CCOCC3)nc(-c3ccc(F)cc3F)c2nc1C. The van der Waals surface area contributed by atoms with Crippen molar-refractivity contribution in [2.75, 3.05) is 13.2 Å². The van der Waals surface area contributed by atoms with Crippen LogP contribution in [0, 0.1) is 32.4 Å². The third-order valence-electron chi connectivity index (χ3n) is 5.72. The lowest BCUT2D eigenvalue weighted by atomic mass is 9.95. The van der Waals surface area contributed by atoms with E-state index in [1.807, 2.05) is 45.0 Å². The molecule has 0 N–H and O–H groups in total. The molecule has 0 bridgehead atoms. The van der Waals surface area contributed by atoms with E-state index in [4.69, 9.17) is 9.72 Å². The number of fused-ring (bicyclic) bond motifs is 1. The Morgan fingerprint density at radius 2 is 1.64 bits per heavy atom. The molecule has 0 atom stereocenters. The molecule has 5 rings (SSSR count). The van der Waals surface area contributed by atoms with Gasteiger partial charge in [-0.25, -0.2) is 23.7 Å². The van der Waals surface area contributed by atoms with Gasteiger partial charge in [0.05, 0.1) is 16.9 Å². The highest BCUT2D eigenvalue weighted by Crippen LogP contribution is 2.33. The van der Waals surface area contributed by atoms with Gasteiger partial charge in [0.2, 0.25) is 0 Å². The van der Waals surface area contributed by atoms with Crippen LogP contribution in [-0.2, 0) is 4.74 Å². The number of aromatic nitrogens is 4. The smallest absolute Gasteiger partial charge is 0.135 e. The highest BCUT2D eigenvalue weighted by atomic mass is 19.1. The molecular formula is C26H26F2N4O. The summed E-state index contributed by atoms with van der Waals surface area (Å²) in [4.78, 5) is 17.9. The summed E-state index contributed by atoms with van der Waals surface area (Å²) in [5, 5.41) is 0. The Kier molecular flexibility index (Phi) is 6.99. The molecule has 0 aliphatic carbocycles. The van der Waals surface area contributed by atoms with Gasteiger partial charge in [-0.3, -0.25) is 4.98 Å². The summed E-state index contributed by atoms with van der Waals surface area (Å²) in [5.41, 5.74) is 5.39. The minimum Gasteiger partial charge on any atom is -0.381 e. The molecule has 7 heteroatoms. The number of pyridine rings is 2. The zero-order valence-electron chi connectivity index (χ0n) is 19.0. The van der Waals surface area contributed by atoms with Crippen molar-refractivity contribution in [2.24, 2.45) is 0 Å².